The SMILES string of the molecule is CCC(C)(C)Nc1cc(C(F)(F)F)cc(NC)n1. The summed E-state index contributed by atoms with van der Waals surface area (Å²) >= 11 is 0. The molecule has 0 spiro atoms. The third-order valence-corrected chi connectivity index (χ3v) is 2.76. The second-order valence-electron chi connectivity index (χ2n) is 4.74. The minimum absolute atomic E-state index is 0.194. The van der Waals surface area contributed by atoms with Crippen LogP contribution in [0.1, 0.15) is 32.8 Å². The van der Waals surface area contributed by atoms with Crippen LogP contribution in [0, 0.1) is 0 Å². The van der Waals surface area contributed by atoms with E-state index < -0.39 is 11.7 Å². The normalized spacial score (nSPS) is 12.4. The zero-order chi connectivity index (χ0) is 14.0. The summed E-state index contributed by atoms with van der Waals surface area (Å²) in [6.45, 7) is 5.78. The van der Waals surface area contributed by atoms with Crippen LogP contribution in [0.25, 0.3) is 0 Å². The van der Waals surface area contributed by atoms with Crippen LogP contribution in [0.3, 0.4) is 0 Å². The maximum absolute atomic E-state index is 12.7. The van der Waals surface area contributed by atoms with Crippen LogP contribution < -0.4 is 10.6 Å². The highest BCUT2D eigenvalue weighted by Crippen LogP contribution is 2.32. The maximum atomic E-state index is 12.7. The third-order valence-electron chi connectivity index (χ3n) is 2.76. The van der Waals surface area contributed by atoms with Gasteiger partial charge in [0.05, 0.1) is 5.56 Å². The predicted molar refractivity (Wildman–Crippen MR) is 66.8 cm³/mol. The number of hydrogen-bond donors (Lipinski definition) is 2. The topological polar surface area (TPSA) is 37.0 Å². The molecule has 3 nitrogen and oxygen atoms in total. The Hall–Kier alpha value is -1.46. The van der Waals surface area contributed by atoms with Gasteiger partial charge in [0.2, 0.25) is 0 Å². The molecule has 2 N–H and O–H groups in total. The number of alkyl halides is 3. The van der Waals surface area contributed by atoms with E-state index in [-0.39, 0.29) is 17.2 Å². The molecule has 0 saturated carbocycles. The minimum Gasteiger partial charge on any atom is -0.373 e. The Morgan fingerprint density at radius 2 is 1.72 bits per heavy atom. The van der Waals surface area contributed by atoms with Gasteiger partial charge < -0.3 is 10.6 Å². The number of rotatable bonds is 4. The highest BCUT2D eigenvalue weighted by atomic mass is 19.4. The van der Waals surface area contributed by atoms with Crippen molar-refractivity contribution in [3.63, 3.8) is 0 Å². The molecular formula is C12H18F3N3. The van der Waals surface area contributed by atoms with E-state index in [1.165, 1.54) is 7.05 Å². The summed E-state index contributed by atoms with van der Waals surface area (Å²) in [4.78, 5) is 4.08. The smallest absolute Gasteiger partial charge is 0.373 e. The zero-order valence-corrected chi connectivity index (χ0v) is 10.9. The number of nitrogens with zero attached hydrogens (tertiary/aromatic N) is 1. The van der Waals surface area contributed by atoms with Gasteiger partial charge in [-0.3, -0.25) is 0 Å². The van der Waals surface area contributed by atoms with E-state index in [2.05, 4.69) is 15.6 Å². The molecule has 1 aromatic rings. The average Bonchev–Trinajstić information content (AvgIpc) is 2.27. The largest absolute Gasteiger partial charge is 0.416 e. The van der Waals surface area contributed by atoms with Gasteiger partial charge in [0.25, 0.3) is 0 Å². The van der Waals surface area contributed by atoms with E-state index in [1.54, 1.807) is 0 Å². The van der Waals surface area contributed by atoms with Crippen LogP contribution >= 0.6 is 0 Å². The van der Waals surface area contributed by atoms with Crippen LogP contribution in [-0.4, -0.2) is 17.6 Å². The fourth-order valence-corrected chi connectivity index (χ4v) is 1.32. The molecule has 0 aliphatic carbocycles. The van der Waals surface area contributed by atoms with Gasteiger partial charge in [-0.15, -0.1) is 0 Å². The monoisotopic (exact) mass is 261 g/mol. The summed E-state index contributed by atoms with van der Waals surface area (Å²) in [5.74, 6) is 0.417. The first kappa shape index (κ1) is 14.6. The number of hydrogen-bond acceptors (Lipinski definition) is 3. The van der Waals surface area contributed by atoms with Gasteiger partial charge in [0, 0.05) is 12.6 Å². The molecule has 0 atom stereocenters. The van der Waals surface area contributed by atoms with Gasteiger partial charge in [0.15, 0.2) is 0 Å². The third kappa shape index (κ3) is 3.78. The van der Waals surface area contributed by atoms with Crippen LogP contribution in [0.15, 0.2) is 12.1 Å². The Morgan fingerprint density at radius 1 is 1.17 bits per heavy atom. The van der Waals surface area contributed by atoms with Gasteiger partial charge in [-0.25, -0.2) is 4.98 Å². The van der Waals surface area contributed by atoms with E-state index >= 15 is 0 Å². The first-order valence-electron chi connectivity index (χ1n) is 5.73. The van der Waals surface area contributed by atoms with Crippen molar-refractivity contribution in [2.24, 2.45) is 0 Å². The lowest BCUT2D eigenvalue weighted by atomic mass is 10.0. The second-order valence-corrected chi connectivity index (χ2v) is 4.74. The number of anilines is 2. The number of pyridine rings is 1. The number of nitrogens with one attached hydrogen (secondary N) is 2. The summed E-state index contributed by atoms with van der Waals surface area (Å²) in [5, 5.41) is 5.64. The molecule has 1 aromatic heterocycles. The molecule has 1 rings (SSSR count). The van der Waals surface area contributed by atoms with Crippen molar-refractivity contribution in [1.29, 1.82) is 0 Å². The van der Waals surface area contributed by atoms with Crippen LogP contribution in [0.5, 0.6) is 0 Å². The Balaban J connectivity index is 3.13. The van der Waals surface area contributed by atoms with Gasteiger partial charge in [-0.2, -0.15) is 13.2 Å². The lowest BCUT2D eigenvalue weighted by molar-refractivity contribution is -0.137. The molecule has 0 fully saturated rings. The first-order chi connectivity index (χ1) is 8.18. The average molecular weight is 261 g/mol. The lowest BCUT2D eigenvalue weighted by Gasteiger charge is -2.26. The molecule has 102 valence electrons. The number of aromatic nitrogens is 1. The van der Waals surface area contributed by atoms with Crippen molar-refractivity contribution >= 4 is 11.6 Å². The molecule has 0 unspecified atom stereocenters. The second kappa shape index (κ2) is 5.04. The zero-order valence-electron chi connectivity index (χ0n) is 10.9. The van der Waals surface area contributed by atoms with E-state index in [4.69, 9.17) is 0 Å². The van der Waals surface area contributed by atoms with Gasteiger partial charge in [-0.05, 0) is 32.4 Å². The molecular weight excluding hydrogens is 243 g/mol. The minimum atomic E-state index is -4.37. The van der Waals surface area contributed by atoms with Gasteiger partial charge in [0.1, 0.15) is 11.6 Å². The highest BCUT2D eigenvalue weighted by molar-refractivity contribution is 5.50. The van der Waals surface area contributed by atoms with E-state index in [9.17, 15) is 13.2 Å². The summed E-state index contributed by atoms with van der Waals surface area (Å²) in [7, 11) is 1.54. The van der Waals surface area contributed by atoms with Gasteiger partial charge >= 0.3 is 6.18 Å². The summed E-state index contributed by atoms with van der Waals surface area (Å²) in [6.07, 6.45) is -3.60. The summed E-state index contributed by atoms with van der Waals surface area (Å²) in [6, 6.07) is 2.02. The molecule has 0 aromatic carbocycles. The van der Waals surface area contributed by atoms with Crippen molar-refractivity contribution in [3.8, 4) is 0 Å². The molecule has 0 aliphatic rings. The molecule has 0 saturated heterocycles. The molecule has 0 aliphatic heterocycles. The fraction of sp³-hybridized carbons (Fsp3) is 0.583. The Labute approximate surface area is 105 Å². The maximum Gasteiger partial charge on any atom is 0.416 e. The fourth-order valence-electron chi connectivity index (χ4n) is 1.32. The highest BCUT2D eigenvalue weighted by Gasteiger charge is 2.32. The van der Waals surface area contributed by atoms with Crippen molar-refractivity contribution < 1.29 is 13.2 Å². The van der Waals surface area contributed by atoms with E-state index in [0.717, 1.165) is 18.6 Å². The quantitative estimate of drug-likeness (QED) is 0.866. The van der Waals surface area contributed by atoms with Crippen molar-refractivity contribution in [1.82, 2.24) is 4.98 Å². The van der Waals surface area contributed by atoms with Crippen LogP contribution in [0.4, 0.5) is 24.8 Å². The van der Waals surface area contributed by atoms with Crippen LogP contribution in [-0.2, 0) is 6.18 Å². The Morgan fingerprint density at radius 3 is 2.17 bits per heavy atom. The van der Waals surface area contributed by atoms with Crippen molar-refractivity contribution in [3.05, 3.63) is 17.7 Å². The van der Waals surface area contributed by atoms with E-state index in [0.29, 0.717) is 0 Å². The first-order valence-corrected chi connectivity index (χ1v) is 5.73. The lowest BCUT2D eigenvalue weighted by Crippen LogP contribution is -2.30. The molecule has 0 radical (unpaired) electrons. The Kier molecular flexibility index (Phi) is 4.09. The van der Waals surface area contributed by atoms with E-state index in [1.807, 2.05) is 20.8 Å². The number of halogens is 3. The predicted octanol–water partition coefficient (Wildman–Crippen LogP) is 3.74. The molecule has 6 heteroatoms. The standard InChI is InChI=1S/C12H18F3N3/c1-5-11(2,3)18-10-7-8(12(13,14)15)6-9(16-4)17-10/h6-7H,5H2,1-4H3,(H2,16,17,18). The summed E-state index contributed by atoms with van der Waals surface area (Å²) < 4.78 is 38.1. The molecule has 0 bridgehead atoms. The Bertz CT molecular complexity index is 414. The summed E-state index contributed by atoms with van der Waals surface area (Å²) in [5.41, 5.74) is -1.02. The van der Waals surface area contributed by atoms with Gasteiger partial charge in [-0.1, -0.05) is 6.92 Å². The van der Waals surface area contributed by atoms with Crippen molar-refractivity contribution in [2.75, 3.05) is 17.7 Å². The van der Waals surface area contributed by atoms with Crippen molar-refractivity contribution in [2.45, 2.75) is 38.9 Å². The molecule has 1 heterocycles. The molecule has 0 amide bonds. The molecule has 18 heavy (non-hydrogen) atoms. The van der Waals surface area contributed by atoms with Crippen LogP contribution in [0.2, 0.25) is 0 Å².